The van der Waals surface area contributed by atoms with Crippen LogP contribution in [0.2, 0.25) is 0 Å². The second-order valence-corrected chi connectivity index (χ2v) is 8.44. The minimum absolute atomic E-state index is 0.158. The van der Waals surface area contributed by atoms with Crippen molar-refractivity contribution in [3.05, 3.63) is 0 Å². The summed E-state index contributed by atoms with van der Waals surface area (Å²) >= 11 is 1.17. The van der Waals surface area contributed by atoms with Crippen LogP contribution in [0.1, 0.15) is 38.5 Å². The Morgan fingerprint density at radius 2 is 1.95 bits per heavy atom. The molecule has 3 rings (SSSR count). The van der Waals surface area contributed by atoms with E-state index in [1.807, 2.05) is 0 Å². The molecule has 2 saturated carbocycles. The van der Waals surface area contributed by atoms with E-state index in [2.05, 4.69) is 9.69 Å². The van der Waals surface area contributed by atoms with Gasteiger partial charge in [-0.1, -0.05) is 12.8 Å². The Bertz CT molecular complexity index is 558. The Kier molecular flexibility index (Phi) is 3.42. The first kappa shape index (κ1) is 13.2. The topological polar surface area (TPSA) is 85.1 Å². The van der Waals surface area contributed by atoms with Crippen LogP contribution in [-0.2, 0) is 9.84 Å². The molecule has 5 nitrogen and oxygen atoms in total. The minimum atomic E-state index is -3.27. The third-order valence-corrected chi connectivity index (χ3v) is 7.23. The van der Waals surface area contributed by atoms with Gasteiger partial charge in [-0.3, -0.25) is 0 Å². The molecule has 19 heavy (non-hydrogen) atoms. The lowest BCUT2D eigenvalue weighted by Gasteiger charge is -2.11. The van der Waals surface area contributed by atoms with Crippen molar-refractivity contribution in [2.24, 2.45) is 5.92 Å². The Balaban J connectivity index is 1.78. The molecule has 1 aromatic rings. The SMILES string of the molecule is Nc1nsc(NCC2CCCC2)c1S(=O)(=O)C1CC1. The molecule has 106 valence electrons. The first-order chi connectivity index (χ1) is 9.09. The third kappa shape index (κ3) is 2.58. The number of anilines is 2. The summed E-state index contributed by atoms with van der Waals surface area (Å²) in [6.07, 6.45) is 6.52. The fourth-order valence-corrected chi connectivity index (χ4v) is 5.57. The molecule has 0 aliphatic heterocycles. The van der Waals surface area contributed by atoms with Gasteiger partial charge in [-0.05, 0) is 43.1 Å². The fraction of sp³-hybridized carbons (Fsp3) is 0.750. The number of nitrogen functional groups attached to an aromatic ring is 1. The predicted molar refractivity (Wildman–Crippen MR) is 77.2 cm³/mol. The standard InChI is InChI=1S/C12H19N3O2S2/c13-11-10(19(16,17)9-5-6-9)12(18-15-11)14-7-8-3-1-2-4-8/h8-9,14H,1-7H2,(H2,13,15). The molecule has 0 aromatic carbocycles. The zero-order valence-electron chi connectivity index (χ0n) is 10.8. The molecule has 1 aromatic heterocycles. The lowest BCUT2D eigenvalue weighted by atomic mass is 10.1. The van der Waals surface area contributed by atoms with E-state index in [1.54, 1.807) is 0 Å². The summed E-state index contributed by atoms with van der Waals surface area (Å²) in [6.45, 7) is 0.828. The molecular weight excluding hydrogens is 282 g/mol. The van der Waals surface area contributed by atoms with Gasteiger partial charge in [0.2, 0.25) is 0 Å². The fourth-order valence-electron chi connectivity index (χ4n) is 2.68. The lowest BCUT2D eigenvalue weighted by Crippen LogP contribution is -2.14. The van der Waals surface area contributed by atoms with Crippen LogP contribution >= 0.6 is 11.5 Å². The van der Waals surface area contributed by atoms with E-state index in [-0.39, 0.29) is 16.0 Å². The Labute approximate surface area is 117 Å². The van der Waals surface area contributed by atoms with Crippen molar-refractivity contribution in [3.63, 3.8) is 0 Å². The molecule has 1 heterocycles. The summed E-state index contributed by atoms with van der Waals surface area (Å²) in [5, 5.41) is 3.66. The van der Waals surface area contributed by atoms with Crippen molar-refractivity contribution >= 4 is 32.2 Å². The van der Waals surface area contributed by atoms with Crippen molar-refractivity contribution < 1.29 is 8.42 Å². The van der Waals surface area contributed by atoms with Gasteiger partial charge >= 0.3 is 0 Å². The molecular formula is C12H19N3O2S2. The van der Waals surface area contributed by atoms with Gasteiger partial charge in [0.25, 0.3) is 0 Å². The van der Waals surface area contributed by atoms with Crippen LogP contribution < -0.4 is 11.1 Å². The third-order valence-electron chi connectivity index (χ3n) is 3.95. The van der Waals surface area contributed by atoms with Crippen molar-refractivity contribution in [1.82, 2.24) is 4.37 Å². The maximum absolute atomic E-state index is 12.3. The molecule has 0 unspecified atom stereocenters. The zero-order chi connectivity index (χ0) is 13.5. The number of hydrogen-bond acceptors (Lipinski definition) is 6. The monoisotopic (exact) mass is 301 g/mol. The van der Waals surface area contributed by atoms with Crippen LogP contribution in [0.5, 0.6) is 0 Å². The molecule has 2 fully saturated rings. The average Bonchev–Trinajstić information content (AvgIpc) is 2.99. The Hall–Kier alpha value is -0.820. The van der Waals surface area contributed by atoms with Gasteiger partial charge in [-0.2, -0.15) is 4.37 Å². The van der Waals surface area contributed by atoms with Crippen molar-refractivity contribution in [2.75, 3.05) is 17.6 Å². The Morgan fingerprint density at radius 1 is 1.26 bits per heavy atom. The molecule has 0 radical (unpaired) electrons. The maximum Gasteiger partial charge on any atom is 0.187 e. The highest BCUT2D eigenvalue weighted by molar-refractivity contribution is 7.92. The van der Waals surface area contributed by atoms with Crippen LogP contribution in [0.25, 0.3) is 0 Å². The van der Waals surface area contributed by atoms with Crippen LogP contribution in [0.4, 0.5) is 10.8 Å². The quantitative estimate of drug-likeness (QED) is 0.871. The van der Waals surface area contributed by atoms with Gasteiger partial charge in [0.1, 0.15) is 9.90 Å². The maximum atomic E-state index is 12.3. The van der Waals surface area contributed by atoms with E-state index in [9.17, 15) is 8.42 Å². The summed E-state index contributed by atoms with van der Waals surface area (Å²) in [7, 11) is -3.27. The van der Waals surface area contributed by atoms with Crippen LogP contribution in [-0.4, -0.2) is 24.6 Å². The minimum Gasteiger partial charge on any atom is -0.382 e. The number of rotatable bonds is 5. The van der Waals surface area contributed by atoms with Gasteiger partial charge in [-0.15, -0.1) is 0 Å². The Morgan fingerprint density at radius 3 is 2.58 bits per heavy atom. The van der Waals surface area contributed by atoms with E-state index in [0.29, 0.717) is 10.9 Å². The number of sulfone groups is 1. The number of aromatic nitrogens is 1. The van der Waals surface area contributed by atoms with Gasteiger partial charge in [-0.25, -0.2) is 8.42 Å². The molecule has 2 aliphatic rings. The molecule has 0 bridgehead atoms. The van der Waals surface area contributed by atoms with Crippen LogP contribution in [0.3, 0.4) is 0 Å². The molecule has 3 N–H and O–H groups in total. The average molecular weight is 301 g/mol. The zero-order valence-corrected chi connectivity index (χ0v) is 12.4. The molecule has 2 aliphatic carbocycles. The number of nitrogens with two attached hydrogens (primary N) is 1. The van der Waals surface area contributed by atoms with Crippen molar-refractivity contribution in [2.45, 2.75) is 48.7 Å². The first-order valence-corrected chi connectivity index (χ1v) is 9.14. The summed E-state index contributed by atoms with van der Waals surface area (Å²) in [6, 6.07) is 0. The van der Waals surface area contributed by atoms with Crippen molar-refractivity contribution in [3.8, 4) is 0 Å². The number of nitrogens with one attached hydrogen (secondary N) is 1. The predicted octanol–water partition coefficient (Wildman–Crippen LogP) is 2.26. The van der Waals surface area contributed by atoms with Crippen molar-refractivity contribution in [1.29, 1.82) is 0 Å². The van der Waals surface area contributed by atoms with E-state index in [4.69, 9.17) is 5.73 Å². The molecule has 0 atom stereocenters. The molecule has 0 amide bonds. The molecule has 7 heteroatoms. The summed E-state index contributed by atoms with van der Waals surface area (Å²) in [5.74, 6) is 0.811. The first-order valence-electron chi connectivity index (χ1n) is 6.82. The largest absolute Gasteiger partial charge is 0.382 e. The van der Waals surface area contributed by atoms with Gasteiger partial charge in [0.05, 0.1) is 5.25 Å². The normalized spacial score (nSPS) is 20.8. The highest BCUT2D eigenvalue weighted by Gasteiger charge is 2.40. The number of hydrogen-bond donors (Lipinski definition) is 2. The van der Waals surface area contributed by atoms with E-state index < -0.39 is 9.84 Å². The summed E-state index contributed by atoms with van der Waals surface area (Å²) in [4.78, 5) is 0.248. The van der Waals surface area contributed by atoms with Crippen LogP contribution in [0, 0.1) is 5.92 Å². The summed E-state index contributed by atoms with van der Waals surface area (Å²) in [5.41, 5.74) is 5.76. The smallest absolute Gasteiger partial charge is 0.187 e. The second kappa shape index (κ2) is 4.94. The van der Waals surface area contributed by atoms with E-state index >= 15 is 0 Å². The second-order valence-electron chi connectivity index (χ2n) is 5.50. The van der Waals surface area contributed by atoms with Crippen LogP contribution in [0.15, 0.2) is 4.90 Å². The molecule has 0 saturated heterocycles. The number of nitrogens with zero attached hydrogens (tertiary/aromatic N) is 1. The van der Waals surface area contributed by atoms with E-state index in [1.165, 1.54) is 37.2 Å². The summed E-state index contributed by atoms with van der Waals surface area (Å²) < 4.78 is 28.7. The van der Waals surface area contributed by atoms with E-state index in [0.717, 1.165) is 19.4 Å². The van der Waals surface area contributed by atoms with Gasteiger partial charge in [0, 0.05) is 6.54 Å². The van der Waals surface area contributed by atoms with Gasteiger partial charge in [0.15, 0.2) is 15.7 Å². The van der Waals surface area contributed by atoms with Gasteiger partial charge < -0.3 is 11.1 Å². The molecule has 0 spiro atoms. The highest BCUT2D eigenvalue weighted by atomic mass is 32.2. The lowest BCUT2D eigenvalue weighted by molar-refractivity contribution is 0.578. The highest BCUT2D eigenvalue weighted by Crippen LogP contribution is 2.41.